The first kappa shape index (κ1) is 27.3. The van der Waals surface area contributed by atoms with Gasteiger partial charge in [0.05, 0.1) is 18.6 Å². The van der Waals surface area contributed by atoms with E-state index in [1.807, 2.05) is 6.07 Å². The second-order valence-electron chi connectivity index (χ2n) is 8.15. The number of methoxy groups -OCH3 is 1. The van der Waals surface area contributed by atoms with Gasteiger partial charge in [-0.25, -0.2) is 8.42 Å². The zero-order valence-electron chi connectivity index (χ0n) is 19.8. The lowest BCUT2D eigenvalue weighted by molar-refractivity contribution is -0.142. The number of hydrogen-bond donors (Lipinski definition) is 2. The molecular formula is C24H33N3O6S. The van der Waals surface area contributed by atoms with E-state index in [1.165, 1.54) is 31.4 Å². The van der Waals surface area contributed by atoms with Gasteiger partial charge in [0, 0.05) is 13.1 Å². The molecule has 1 atom stereocenters. The van der Waals surface area contributed by atoms with E-state index in [-0.39, 0.29) is 30.3 Å². The number of carbonyl (C=O) groups is 2. The summed E-state index contributed by atoms with van der Waals surface area (Å²) in [7, 11) is 0.951. The Kier molecular flexibility index (Phi) is 10.5. The Morgan fingerprint density at radius 2 is 1.68 bits per heavy atom. The summed E-state index contributed by atoms with van der Waals surface area (Å²) < 4.78 is 33.2. The lowest BCUT2D eigenvalue weighted by Gasteiger charge is -2.28. The summed E-state index contributed by atoms with van der Waals surface area (Å²) >= 11 is 0. The highest BCUT2D eigenvalue weighted by Crippen LogP contribution is 2.25. The van der Waals surface area contributed by atoms with Crippen molar-refractivity contribution in [3.63, 3.8) is 0 Å². The summed E-state index contributed by atoms with van der Waals surface area (Å²) in [6.07, 6.45) is 1.08. The predicted molar refractivity (Wildman–Crippen MR) is 129 cm³/mol. The fraction of sp³-hybridized carbons (Fsp3) is 0.417. The van der Waals surface area contributed by atoms with Crippen molar-refractivity contribution in [2.45, 2.75) is 36.7 Å². The maximum atomic E-state index is 13.5. The van der Waals surface area contributed by atoms with Crippen LogP contribution in [0.4, 0.5) is 0 Å². The Balaban J connectivity index is 2.20. The van der Waals surface area contributed by atoms with Crippen LogP contribution >= 0.6 is 0 Å². The van der Waals surface area contributed by atoms with Gasteiger partial charge in [0.15, 0.2) is 0 Å². The molecular weight excluding hydrogens is 458 g/mol. The van der Waals surface area contributed by atoms with Crippen LogP contribution in [0.3, 0.4) is 0 Å². The number of ether oxygens (including phenoxy) is 1. The second-order valence-corrected chi connectivity index (χ2v) is 10.0. The van der Waals surface area contributed by atoms with Crippen LogP contribution in [0.1, 0.15) is 24.8 Å². The number of unbranched alkanes of at least 4 members (excludes halogenated alkanes) is 1. The molecule has 0 bridgehead atoms. The highest BCUT2D eigenvalue weighted by atomic mass is 32.2. The van der Waals surface area contributed by atoms with Crippen LogP contribution in [-0.2, 0) is 26.2 Å². The molecule has 1 amide bonds. The van der Waals surface area contributed by atoms with Crippen molar-refractivity contribution in [2.75, 3.05) is 34.3 Å². The standard InChI is InChI=1S/C24H33N3O6S/c1-26(2)18-23(28)25-16-8-7-11-22(24(29)30)27(17-19-9-5-4-6-10-19)34(31,32)21-14-12-20(33-3)13-15-21/h4-6,9-10,12-15,22H,7-8,11,16-18H2,1-3H3,(H,25,28)(H,29,30). The molecule has 0 aromatic heterocycles. The number of hydrogen-bond acceptors (Lipinski definition) is 6. The minimum Gasteiger partial charge on any atom is -0.497 e. The zero-order valence-corrected chi connectivity index (χ0v) is 20.6. The van der Waals surface area contributed by atoms with Crippen molar-refractivity contribution < 1.29 is 27.9 Å². The number of carboxylic acid groups (broad SMARTS) is 1. The number of carbonyl (C=O) groups excluding carboxylic acids is 1. The van der Waals surface area contributed by atoms with Gasteiger partial charge in [-0.2, -0.15) is 4.31 Å². The number of nitrogens with zero attached hydrogens (tertiary/aromatic N) is 2. The molecule has 34 heavy (non-hydrogen) atoms. The fourth-order valence-corrected chi connectivity index (χ4v) is 5.03. The molecule has 186 valence electrons. The van der Waals surface area contributed by atoms with E-state index in [0.29, 0.717) is 30.7 Å². The first-order chi connectivity index (χ1) is 16.1. The summed E-state index contributed by atoms with van der Waals surface area (Å²) in [6.45, 7) is 0.581. The third-order valence-electron chi connectivity index (χ3n) is 5.17. The van der Waals surface area contributed by atoms with Crippen molar-refractivity contribution in [2.24, 2.45) is 0 Å². The summed E-state index contributed by atoms with van der Waals surface area (Å²) in [5.74, 6) is -0.836. The van der Waals surface area contributed by atoms with Gasteiger partial charge in [-0.05, 0) is 63.2 Å². The monoisotopic (exact) mass is 491 g/mol. The van der Waals surface area contributed by atoms with Crippen molar-refractivity contribution in [1.29, 1.82) is 0 Å². The van der Waals surface area contributed by atoms with Crippen LogP contribution in [0.25, 0.3) is 0 Å². The molecule has 0 aliphatic rings. The summed E-state index contributed by atoms with van der Waals surface area (Å²) in [4.78, 5) is 25.7. The normalized spacial score (nSPS) is 12.5. The van der Waals surface area contributed by atoms with Crippen molar-refractivity contribution >= 4 is 21.9 Å². The average Bonchev–Trinajstić information content (AvgIpc) is 2.80. The lowest BCUT2D eigenvalue weighted by atomic mass is 10.1. The molecule has 1 unspecified atom stereocenters. The number of likely N-dealkylation sites (N-methyl/N-ethyl adjacent to an activating group) is 1. The Morgan fingerprint density at radius 3 is 2.24 bits per heavy atom. The Labute approximate surface area is 201 Å². The van der Waals surface area contributed by atoms with E-state index in [9.17, 15) is 23.1 Å². The summed E-state index contributed by atoms with van der Waals surface area (Å²) in [5, 5.41) is 12.7. The number of amides is 1. The van der Waals surface area contributed by atoms with Crippen LogP contribution in [0.2, 0.25) is 0 Å². The topological polar surface area (TPSA) is 116 Å². The Bertz CT molecular complexity index is 1030. The zero-order chi connectivity index (χ0) is 25.1. The molecule has 2 rings (SSSR count). The first-order valence-electron chi connectivity index (χ1n) is 11.0. The van der Waals surface area contributed by atoms with Crippen LogP contribution in [0.15, 0.2) is 59.5 Å². The number of rotatable bonds is 14. The summed E-state index contributed by atoms with van der Waals surface area (Å²) in [6, 6.07) is 13.5. The van der Waals surface area contributed by atoms with E-state index in [2.05, 4.69) is 5.32 Å². The number of carboxylic acids is 1. The first-order valence-corrected chi connectivity index (χ1v) is 12.4. The van der Waals surface area contributed by atoms with Crippen LogP contribution in [-0.4, -0.2) is 74.9 Å². The van der Waals surface area contributed by atoms with Gasteiger partial charge in [-0.1, -0.05) is 30.3 Å². The van der Waals surface area contributed by atoms with Gasteiger partial charge >= 0.3 is 5.97 Å². The molecule has 0 fully saturated rings. The minimum atomic E-state index is -4.12. The molecule has 0 saturated heterocycles. The van der Waals surface area contributed by atoms with Crippen LogP contribution < -0.4 is 10.1 Å². The SMILES string of the molecule is COc1ccc(S(=O)(=O)N(Cc2ccccc2)C(CCCCNC(=O)CN(C)C)C(=O)O)cc1. The van der Waals surface area contributed by atoms with Gasteiger partial charge < -0.3 is 20.1 Å². The minimum absolute atomic E-state index is 0.00794. The number of benzene rings is 2. The molecule has 0 saturated carbocycles. The van der Waals surface area contributed by atoms with Gasteiger partial charge in [-0.3, -0.25) is 9.59 Å². The van der Waals surface area contributed by atoms with Crippen LogP contribution in [0.5, 0.6) is 5.75 Å². The quantitative estimate of drug-likeness (QED) is 0.389. The second kappa shape index (κ2) is 13.1. The molecule has 0 heterocycles. The van der Waals surface area contributed by atoms with E-state index in [4.69, 9.17) is 4.74 Å². The molecule has 0 radical (unpaired) electrons. The highest BCUT2D eigenvalue weighted by Gasteiger charge is 2.35. The van der Waals surface area contributed by atoms with Gasteiger partial charge in [0.25, 0.3) is 0 Å². The molecule has 0 aliphatic carbocycles. The summed E-state index contributed by atoms with van der Waals surface area (Å²) in [5.41, 5.74) is 0.682. The average molecular weight is 492 g/mol. The van der Waals surface area contributed by atoms with Crippen molar-refractivity contribution in [3.05, 3.63) is 60.2 Å². The van der Waals surface area contributed by atoms with E-state index < -0.39 is 22.0 Å². The smallest absolute Gasteiger partial charge is 0.322 e. The van der Waals surface area contributed by atoms with E-state index in [0.717, 1.165) is 4.31 Å². The highest BCUT2D eigenvalue weighted by molar-refractivity contribution is 7.89. The van der Waals surface area contributed by atoms with E-state index in [1.54, 1.807) is 43.3 Å². The molecule has 2 N–H and O–H groups in total. The third kappa shape index (κ3) is 8.12. The molecule has 9 nitrogen and oxygen atoms in total. The van der Waals surface area contributed by atoms with Crippen molar-refractivity contribution in [1.82, 2.24) is 14.5 Å². The molecule has 0 aliphatic heterocycles. The molecule has 2 aromatic rings. The van der Waals surface area contributed by atoms with Gasteiger partial charge in [-0.15, -0.1) is 0 Å². The van der Waals surface area contributed by atoms with Crippen LogP contribution in [0, 0.1) is 0 Å². The number of nitrogens with one attached hydrogen (secondary N) is 1. The molecule has 2 aromatic carbocycles. The van der Waals surface area contributed by atoms with E-state index >= 15 is 0 Å². The number of aliphatic carboxylic acids is 1. The van der Waals surface area contributed by atoms with Gasteiger partial charge in [0.2, 0.25) is 15.9 Å². The largest absolute Gasteiger partial charge is 0.497 e. The fourth-order valence-electron chi connectivity index (χ4n) is 3.43. The maximum absolute atomic E-state index is 13.5. The third-order valence-corrected chi connectivity index (χ3v) is 7.04. The van der Waals surface area contributed by atoms with Gasteiger partial charge in [0.1, 0.15) is 11.8 Å². The number of sulfonamides is 1. The Morgan fingerprint density at radius 1 is 1.03 bits per heavy atom. The predicted octanol–water partition coefficient (Wildman–Crippen LogP) is 2.19. The molecule has 0 spiro atoms. The van der Waals surface area contributed by atoms with Crippen molar-refractivity contribution in [3.8, 4) is 5.75 Å². The lowest BCUT2D eigenvalue weighted by Crippen LogP contribution is -2.44. The maximum Gasteiger partial charge on any atom is 0.322 e. The Hall–Kier alpha value is -2.95. The molecule has 10 heteroatoms.